The molecule has 0 aliphatic heterocycles. The van der Waals surface area contributed by atoms with Gasteiger partial charge in [0.25, 0.3) is 0 Å². The van der Waals surface area contributed by atoms with E-state index in [0.717, 1.165) is 13.0 Å². The second kappa shape index (κ2) is 8.33. The van der Waals surface area contributed by atoms with E-state index in [1.54, 1.807) is 10.9 Å². The molecular formula is C12H24N4O3S. The molecule has 0 aliphatic carbocycles. The molecule has 0 saturated carbocycles. The third-order valence-corrected chi connectivity index (χ3v) is 4.21. The standard InChI is InChI=1S/C12H24N4O3S/c1-4-6-16-8-12(14-15-16)7-13-20(17,18)10-11(3)9-19-5-2/h8,11,13H,4-7,9-10H2,1-3H3. The fourth-order valence-corrected chi connectivity index (χ4v) is 3.07. The lowest BCUT2D eigenvalue weighted by Gasteiger charge is -2.11. The Balaban J connectivity index is 2.41. The van der Waals surface area contributed by atoms with Crippen LogP contribution in [0.15, 0.2) is 6.20 Å². The number of aromatic nitrogens is 3. The highest BCUT2D eigenvalue weighted by Gasteiger charge is 2.16. The summed E-state index contributed by atoms with van der Waals surface area (Å²) < 4.78 is 33.2. The van der Waals surface area contributed by atoms with Crippen molar-refractivity contribution in [2.24, 2.45) is 5.92 Å². The van der Waals surface area contributed by atoms with Crippen LogP contribution < -0.4 is 4.72 Å². The molecule has 0 amide bonds. The molecule has 0 spiro atoms. The summed E-state index contributed by atoms with van der Waals surface area (Å²) in [4.78, 5) is 0. The van der Waals surface area contributed by atoms with E-state index in [4.69, 9.17) is 4.74 Å². The van der Waals surface area contributed by atoms with Gasteiger partial charge in [-0.05, 0) is 19.3 Å². The summed E-state index contributed by atoms with van der Waals surface area (Å²) in [6.45, 7) is 7.79. The van der Waals surface area contributed by atoms with Gasteiger partial charge in [-0.2, -0.15) is 0 Å². The molecule has 1 atom stereocenters. The van der Waals surface area contributed by atoms with Crippen LogP contribution in [0.1, 0.15) is 32.9 Å². The molecule has 0 bridgehead atoms. The third kappa shape index (κ3) is 6.44. The average Bonchev–Trinajstić information content (AvgIpc) is 2.82. The zero-order valence-electron chi connectivity index (χ0n) is 12.4. The molecule has 0 aliphatic rings. The van der Waals surface area contributed by atoms with E-state index in [-0.39, 0.29) is 18.2 Å². The molecule has 1 N–H and O–H groups in total. The first-order chi connectivity index (χ1) is 9.46. The average molecular weight is 304 g/mol. The summed E-state index contributed by atoms with van der Waals surface area (Å²) in [6, 6.07) is 0. The lowest BCUT2D eigenvalue weighted by atomic mass is 10.2. The maximum atomic E-state index is 11.9. The van der Waals surface area contributed by atoms with Gasteiger partial charge in [0.15, 0.2) is 0 Å². The van der Waals surface area contributed by atoms with Crippen LogP contribution in [0, 0.1) is 5.92 Å². The Morgan fingerprint density at radius 1 is 1.45 bits per heavy atom. The summed E-state index contributed by atoms with van der Waals surface area (Å²) in [6.07, 6.45) is 2.72. The van der Waals surface area contributed by atoms with Crippen molar-refractivity contribution in [1.29, 1.82) is 0 Å². The molecule has 1 aromatic rings. The maximum absolute atomic E-state index is 11.9. The van der Waals surface area contributed by atoms with Crippen LogP contribution >= 0.6 is 0 Å². The molecule has 0 saturated heterocycles. The highest BCUT2D eigenvalue weighted by atomic mass is 32.2. The van der Waals surface area contributed by atoms with E-state index in [1.165, 1.54) is 0 Å². The molecule has 8 heteroatoms. The number of hydrogen-bond donors (Lipinski definition) is 1. The van der Waals surface area contributed by atoms with Crippen molar-refractivity contribution in [2.45, 2.75) is 40.3 Å². The highest BCUT2D eigenvalue weighted by molar-refractivity contribution is 7.89. The van der Waals surface area contributed by atoms with Gasteiger partial charge >= 0.3 is 0 Å². The van der Waals surface area contributed by atoms with E-state index in [2.05, 4.69) is 15.0 Å². The lowest BCUT2D eigenvalue weighted by Crippen LogP contribution is -2.30. The third-order valence-electron chi connectivity index (χ3n) is 2.62. The Kier molecular flexibility index (Phi) is 7.11. The summed E-state index contributed by atoms with van der Waals surface area (Å²) >= 11 is 0. The molecule has 1 heterocycles. The molecule has 0 aromatic carbocycles. The molecule has 116 valence electrons. The van der Waals surface area contributed by atoms with Crippen LogP contribution in [0.4, 0.5) is 0 Å². The van der Waals surface area contributed by atoms with Crippen LogP contribution in [-0.4, -0.2) is 42.4 Å². The second-order valence-electron chi connectivity index (χ2n) is 4.84. The second-order valence-corrected chi connectivity index (χ2v) is 6.69. The summed E-state index contributed by atoms with van der Waals surface area (Å²) in [5, 5.41) is 7.85. The van der Waals surface area contributed by atoms with Gasteiger partial charge in [-0.15, -0.1) is 5.10 Å². The predicted octanol–water partition coefficient (Wildman–Crippen LogP) is 0.780. The molecular weight excluding hydrogens is 280 g/mol. The van der Waals surface area contributed by atoms with Gasteiger partial charge in [0.2, 0.25) is 10.0 Å². The fraction of sp³-hybridized carbons (Fsp3) is 0.833. The minimum Gasteiger partial charge on any atom is -0.381 e. The first kappa shape index (κ1) is 17.1. The Bertz CT molecular complexity index is 487. The van der Waals surface area contributed by atoms with Crippen molar-refractivity contribution < 1.29 is 13.2 Å². The monoisotopic (exact) mass is 304 g/mol. The number of nitrogens with zero attached hydrogens (tertiary/aromatic N) is 3. The molecule has 1 rings (SSSR count). The number of rotatable bonds is 10. The van der Waals surface area contributed by atoms with E-state index >= 15 is 0 Å². The Morgan fingerprint density at radius 2 is 2.20 bits per heavy atom. The first-order valence-corrected chi connectivity index (χ1v) is 8.56. The Hall–Kier alpha value is -0.990. The molecule has 0 radical (unpaired) electrons. The van der Waals surface area contributed by atoms with Gasteiger partial charge in [-0.25, -0.2) is 13.1 Å². The Labute approximate surface area is 120 Å². The van der Waals surface area contributed by atoms with Crippen LogP contribution in [0.3, 0.4) is 0 Å². The summed E-state index contributed by atoms with van der Waals surface area (Å²) in [7, 11) is -3.32. The minimum absolute atomic E-state index is 0.0387. The molecule has 1 aromatic heterocycles. The van der Waals surface area contributed by atoms with Crippen LogP contribution in [-0.2, 0) is 27.8 Å². The van der Waals surface area contributed by atoms with E-state index in [1.807, 2.05) is 20.8 Å². The fourth-order valence-electron chi connectivity index (χ4n) is 1.74. The largest absolute Gasteiger partial charge is 0.381 e. The van der Waals surface area contributed by atoms with Gasteiger partial charge in [0.1, 0.15) is 0 Å². The Morgan fingerprint density at radius 3 is 2.85 bits per heavy atom. The first-order valence-electron chi connectivity index (χ1n) is 6.91. The van der Waals surface area contributed by atoms with Crippen molar-refractivity contribution in [3.05, 3.63) is 11.9 Å². The van der Waals surface area contributed by atoms with Gasteiger partial charge in [-0.1, -0.05) is 19.1 Å². The highest BCUT2D eigenvalue weighted by Crippen LogP contribution is 2.02. The lowest BCUT2D eigenvalue weighted by molar-refractivity contribution is 0.122. The number of ether oxygens (including phenoxy) is 1. The van der Waals surface area contributed by atoms with Gasteiger partial charge in [0, 0.05) is 19.3 Å². The smallest absolute Gasteiger partial charge is 0.212 e. The molecule has 0 fully saturated rings. The predicted molar refractivity (Wildman–Crippen MR) is 76.6 cm³/mol. The van der Waals surface area contributed by atoms with Crippen molar-refractivity contribution in [1.82, 2.24) is 19.7 Å². The zero-order chi connectivity index (χ0) is 15.0. The normalized spacial score (nSPS) is 13.6. The van der Waals surface area contributed by atoms with Crippen molar-refractivity contribution >= 4 is 10.0 Å². The SMILES string of the molecule is CCCn1cc(CNS(=O)(=O)CC(C)COCC)nn1. The van der Waals surface area contributed by atoms with E-state index in [9.17, 15) is 8.42 Å². The summed E-state index contributed by atoms with van der Waals surface area (Å²) in [5.41, 5.74) is 0.625. The van der Waals surface area contributed by atoms with Crippen LogP contribution in [0.25, 0.3) is 0 Å². The quantitative estimate of drug-likeness (QED) is 0.690. The van der Waals surface area contributed by atoms with E-state index < -0.39 is 10.0 Å². The zero-order valence-corrected chi connectivity index (χ0v) is 13.2. The minimum atomic E-state index is -3.32. The number of hydrogen-bond acceptors (Lipinski definition) is 5. The summed E-state index contributed by atoms with van der Waals surface area (Å²) in [5.74, 6) is 0.0130. The number of aryl methyl sites for hydroxylation is 1. The molecule has 7 nitrogen and oxygen atoms in total. The maximum Gasteiger partial charge on any atom is 0.212 e. The van der Waals surface area contributed by atoms with Crippen molar-refractivity contribution in [3.8, 4) is 0 Å². The van der Waals surface area contributed by atoms with Crippen LogP contribution in [0.5, 0.6) is 0 Å². The van der Waals surface area contributed by atoms with Gasteiger partial charge in [-0.3, -0.25) is 4.68 Å². The van der Waals surface area contributed by atoms with Gasteiger partial charge < -0.3 is 4.74 Å². The molecule has 20 heavy (non-hydrogen) atoms. The van der Waals surface area contributed by atoms with Gasteiger partial charge in [0.05, 0.1) is 24.6 Å². The van der Waals surface area contributed by atoms with E-state index in [0.29, 0.717) is 18.9 Å². The van der Waals surface area contributed by atoms with Crippen LogP contribution in [0.2, 0.25) is 0 Å². The number of nitrogens with one attached hydrogen (secondary N) is 1. The van der Waals surface area contributed by atoms with Crippen molar-refractivity contribution in [2.75, 3.05) is 19.0 Å². The topological polar surface area (TPSA) is 86.1 Å². The number of sulfonamides is 1. The van der Waals surface area contributed by atoms with Crippen molar-refractivity contribution in [3.63, 3.8) is 0 Å². The molecule has 1 unspecified atom stereocenters.